The standard InChI is InChI=1S/C63H104O6/c1-4-7-10-13-15-17-19-21-23-25-26-27-28-29-30-31-32-33-34-35-36-38-39-41-43-45-47-50-53-56-62(65)68-59-60(58-67-61(64)55-52-49-12-9-6-3)69-63(66)57-54-51-48-46-44-42-40-37-24-22-20-18-16-14-11-8-5-2/h7-8,10-11,15-18,21-24,26-27,29-30,40,42,60H,4-6,9,12-14,19-20,25,28,31-39,41,43-59H2,1-3H3/b10-7-,11-8-,17-15-,18-16-,23-21-,24-22-,27-26-,30-29-,42-40-. The lowest BCUT2D eigenvalue weighted by atomic mass is 10.0. The van der Waals surface area contributed by atoms with E-state index in [9.17, 15) is 14.4 Å². The number of allylic oxidation sites excluding steroid dienone is 18. The van der Waals surface area contributed by atoms with Gasteiger partial charge in [-0.3, -0.25) is 14.4 Å². The molecule has 0 aliphatic rings. The number of unbranched alkanes of at least 4 members (excludes halogenated alkanes) is 21. The van der Waals surface area contributed by atoms with Gasteiger partial charge in [0, 0.05) is 19.3 Å². The lowest BCUT2D eigenvalue weighted by molar-refractivity contribution is -0.167. The van der Waals surface area contributed by atoms with Crippen LogP contribution in [0.2, 0.25) is 0 Å². The fourth-order valence-corrected chi connectivity index (χ4v) is 7.58. The highest BCUT2D eigenvalue weighted by Crippen LogP contribution is 2.15. The van der Waals surface area contributed by atoms with Crippen LogP contribution in [0.4, 0.5) is 0 Å². The van der Waals surface area contributed by atoms with Crippen molar-refractivity contribution in [2.75, 3.05) is 13.2 Å². The van der Waals surface area contributed by atoms with Crippen LogP contribution in [-0.4, -0.2) is 37.2 Å². The van der Waals surface area contributed by atoms with E-state index in [0.29, 0.717) is 19.3 Å². The van der Waals surface area contributed by atoms with Gasteiger partial charge in [0.15, 0.2) is 6.10 Å². The Morgan fingerprint density at radius 1 is 0.304 bits per heavy atom. The Balaban J connectivity index is 4.08. The summed E-state index contributed by atoms with van der Waals surface area (Å²) in [4.78, 5) is 37.8. The Bertz CT molecular complexity index is 1420. The van der Waals surface area contributed by atoms with E-state index in [4.69, 9.17) is 14.2 Å². The van der Waals surface area contributed by atoms with Crippen LogP contribution >= 0.6 is 0 Å². The fourth-order valence-electron chi connectivity index (χ4n) is 7.58. The summed E-state index contributed by atoms with van der Waals surface area (Å²) in [5.41, 5.74) is 0. The summed E-state index contributed by atoms with van der Waals surface area (Å²) >= 11 is 0. The molecule has 0 N–H and O–H groups in total. The normalized spacial score (nSPS) is 12.9. The average Bonchev–Trinajstić information content (AvgIpc) is 3.35. The molecule has 6 heteroatoms. The minimum absolute atomic E-state index is 0.0890. The van der Waals surface area contributed by atoms with Crippen molar-refractivity contribution >= 4 is 17.9 Å². The molecule has 0 saturated carbocycles. The predicted octanol–water partition coefficient (Wildman–Crippen LogP) is 19.1. The van der Waals surface area contributed by atoms with Gasteiger partial charge in [-0.1, -0.05) is 239 Å². The second-order valence-electron chi connectivity index (χ2n) is 18.4. The highest BCUT2D eigenvalue weighted by atomic mass is 16.6. The topological polar surface area (TPSA) is 78.9 Å². The molecule has 1 unspecified atom stereocenters. The van der Waals surface area contributed by atoms with E-state index in [0.717, 1.165) is 135 Å². The lowest BCUT2D eigenvalue weighted by Crippen LogP contribution is -2.30. The van der Waals surface area contributed by atoms with Crippen molar-refractivity contribution < 1.29 is 28.6 Å². The monoisotopic (exact) mass is 957 g/mol. The maximum Gasteiger partial charge on any atom is 0.306 e. The summed E-state index contributed by atoms with van der Waals surface area (Å²) in [6, 6.07) is 0. The van der Waals surface area contributed by atoms with E-state index in [1.165, 1.54) is 77.0 Å². The molecule has 0 spiro atoms. The molecule has 6 nitrogen and oxygen atoms in total. The zero-order chi connectivity index (χ0) is 50.0. The molecule has 0 radical (unpaired) electrons. The predicted molar refractivity (Wildman–Crippen MR) is 297 cm³/mol. The summed E-state index contributed by atoms with van der Waals surface area (Å²) in [5, 5.41) is 0. The van der Waals surface area contributed by atoms with Crippen LogP contribution in [-0.2, 0) is 28.6 Å². The number of carbonyl (C=O) groups is 3. The molecule has 0 bridgehead atoms. The second-order valence-corrected chi connectivity index (χ2v) is 18.4. The molecule has 0 aromatic rings. The fraction of sp³-hybridized carbons (Fsp3) is 0.667. The summed E-state index contributed by atoms with van der Waals surface area (Å²) in [5.74, 6) is -0.929. The van der Waals surface area contributed by atoms with Crippen molar-refractivity contribution in [3.05, 3.63) is 109 Å². The number of rotatable bonds is 50. The van der Waals surface area contributed by atoms with E-state index in [1.807, 2.05) is 0 Å². The number of hydrogen-bond acceptors (Lipinski definition) is 6. The summed E-state index contributed by atoms with van der Waals surface area (Å²) < 4.78 is 16.7. The van der Waals surface area contributed by atoms with Crippen molar-refractivity contribution in [2.24, 2.45) is 0 Å². The summed E-state index contributed by atoms with van der Waals surface area (Å²) in [7, 11) is 0. The van der Waals surface area contributed by atoms with Crippen molar-refractivity contribution in [1.82, 2.24) is 0 Å². The van der Waals surface area contributed by atoms with Crippen molar-refractivity contribution in [3.8, 4) is 0 Å². The molecule has 0 rings (SSSR count). The maximum absolute atomic E-state index is 12.8. The first-order chi connectivity index (χ1) is 34.0. The molecular formula is C63H104O6. The minimum atomic E-state index is -0.788. The van der Waals surface area contributed by atoms with Crippen LogP contribution in [0, 0.1) is 0 Å². The quantitative estimate of drug-likeness (QED) is 0.0262. The molecule has 0 aliphatic carbocycles. The van der Waals surface area contributed by atoms with Gasteiger partial charge in [0.05, 0.1) is 0 Å². The number of carbonyl (C=O) groups excluding carboxylic acids is 3. The third-order valence-electron chi connectivity index (χ3n) is 11.8. The van der Waals surface area contributed by atoms with Crippen LogP contribution in [0.5, 0.6) is 0 Å². The zero-order valence-electron chi connectivity index (χ0n) is 44.8. The first kappa shape index (κ1) is 65.1. The molecule has 0 aromatic carbocycles. The van der Waals surface area contributed by atoms with Gasteiger partial charge in [-0.2, -0.15) is 0 Å². The summed E-state index contributed by atoms with van der Waals surface area (Å²) in [6.45, 7) is 6.30. The second kappa shape index (κ2) is 56.7. The highest BCUT2D eigenvalue weighted by Gasteiger charge is 2.19. The Labute approximate surface area is 425 Å². The van der Waals surface area contributed by atoms with E-state index in [2.05, 4.69) is 130 Å². The Hall–Kier alpha value is -3.93. The number of hydrogen-bond donors (Lipinski definition) is 0. The molecule has 69 heavy (non-hydrogen) atoms. The van der Waals surface area contributed by atoms with Crippen LogP contribution < -0.4 is 0 Å². The van der Waals surface area contributed by atoms with Gasteiger partial charge in [-0.05, 0) is 103 Å². The minimum Gasteiger partial charge on any atom is -0.462 e. The Morgan fingerprint density at radius 2 is 0.565 bits per heavy atom. The zero-order valence-corrected chi connectivity index (χ0v) is 44.8. The van der Waals surface area contributed by atoms with Crippen LogP contribution in [0.15, 0.2) is 109 Å². The average molecular weight is 958 g/mol. The SMILES string of the molecule is CC/C=C\C/C=C\C/C=C\C/C=C\C/C=C\CCCCCCCCCCCCCCCC(=O)OCC(COC(=O)CCCCCCC)OC(=O)CCCCCC/C=C\C/C=C\C/C=C\C/C=C\CC. The van der Waals surface area contributed by atoms with Crippen molar-refractivity contribution in [1.29, 1.82) is 0 Å². The number of ether oxygens (including phenoxy) is 3. The van der Waals surface area contributed by atoms with Crippen LogP contribution in [0.25, 0.3) is 0 Å². The van der Waals surface area contributed by atoms with E-state index in [-0.39, 0.29) is 31.1 Å². The van der Waals surface area contributed by atoms with Gasteiger partial charge in [0.25, 0.3) is 0 Å². The van der Waals surface area contributed by atoms with Gasteiger partial charge >= 0.3 is 17.9 Å². The third-order valence-corrected chi connectivity index (χ3v) is 11.8. The molecule has 392 valence electrons. The van der Waals surface area contributed by atoms with Crippen molar-refractivity contribution in [3.63, 3.8) is 0 Å². The molecule has 0 aromatic heterocycles. The Morgan fingerprint density at radius 3 is 0.884 bits per heavy atom. The lowest BCUT2D eigenvalue weighted by Gasteiger charge is -2.18. The number of esters is 3. The van der Waals surface area contributed by atoms with Gasteiger partial charge in [0.1, 0.15) is 13.2 Å². The first-order valence-corrected chi connectivity index (χ1v) is 28.4. The van der Waals surface area contributed by atoms with Crippen molar-refractivity contribution in [2.45, 2.75) is 258 Å². The molecule has 0 heterocycles. The summed E-state index contributed by atoms with van der Waals surface area (Å²) in [6.07, 6.45) is 77.0. The van der Waals surface area contributed by atoms with Crippen LogP contribution in [0.3, 0.4) is 0 Å². The van der Waals surface area contributed by atoms with Crippen LogP contribution in [0.1, 0.15) is 252 Å². The van der Waals surface area contributed by atoms with Gasteiger partial charge < -0.3 is 14.2 Å². The Kier molecular flexibility index (Phi) is 53.4. The molecular weight excluding hydrogens is 853 g/mol. The smallest absolute Gasteiger partial charge is 0.306 e. The molecule has 0 aliphatic heterocycles. The van der Waals surface area contributed by atoms with E-state index in [1.54, 1.807) is 0 Å². The maximum atomic E-state index is 12.8. The molecule has 1 atom stereocenters. The van der Waals surface area contributed by atoms with E-state index < -0.39 is 6.10 Å². The first-order valence-electron chi connectivity index (χ1n) is 28.4. The van der Waals surface area contributed by atoms with E-state index >= 15 is 0 Å². The van der Waals surface area contributed by atoms with Gasteiger partial charge in [-0.15, -0.1) is 0 Å². The molecule has 0 fully saturated rings. The largest absolute Gasteiger partial charge is 0.462 e. The third kappa shape index (κ3) is 54.9. The molecule has 0 saturated heterocycles. The van der Waals surface area contributed by atoms with Gasteiger partial charge in [-0.25, -0.2) is 0 Å². The molecule has 0 amide bonds. The highest BCUT2D eigenvalue weighted by molar-refractivity contribution is 5.71. The van der Waals surface area contributed by atoms with Gasteiger partial charge in [0.2, 0.25) is 0 Å².